The van der Waals surface area contributed by atoms with Crippen LogP contribution in [0.25, 0.3) is 11.3 Å². The van der Waals surface area contributed by atoms with Crippen molar-refractivity contribution in [1.82, 2.24) is 4.98 Å². The van der Waals surface area contributed by atoms with Crippen LogP contribution in [0.4, 0.5) is 0 Å². The molecule has 4 nitrogen and oxygen atoms in total. The summed E-state index contributed by atoms with van der Waals surface area (Å²) in [4.78, 5) is 16.7. The van der Waals surface area contributed by atoms with Crippen LogP contribution in [0.2, 0.25) is 0 Å². The maximum absolute atomic E-state index is 12.3. The number of rotatable bonds is 5. The van der Waals surface area contributed by atoms with Crippen molar-refractivity contribution >= 4 is 5.78 Å². The fourth-order valence-corrected chi connectivity index (χ4v) is 2.31. The molecule has 2 aromatic carbocycles. The number of hydrogen-bond acceptors (Lipinski definition) is 3. The molecule has 0 aliphatic rings. The van der Waals surface area contributed by atoms with Crippen molar-refractivity contribution in [2.45, 2.75) is 6.54 Å². The van der Waals surface area contributed by atoms with Gasteiger partial charge in [0.2, 0.25) is 5.78 Å². The van der Waals surface area contributed by atoms with Gasteiger partial charge < -0.3 is 4.74 Å². The Bertz CT molecular complexity index is 799. The van der Waals surface area contributed by atoms with E-state index in [0.29, 0.717) is 11.3 Å². The third kappa shape index (κ3) is 3.61. The lowest BCUT2D eigenvalue weighted by Gasteiger charge is -2.03. The number of Topliss-reactive ketones (excluding diaryl/α,β-unsaturated/α-hetero) is 1. The van der Waals surface area contributed by atoms with Gasteiger partial charge in [0, 0.05) is 17.2 Å². The summed E-state index contributed by atoms with van der Waals surface area (Å²) in [6, 6.07) is 19.0. The van der Waals surface area contributed by atoms with E-state index in [9.17, 15) is 4.79 Å². The normalized spacial score (nSPS) is 10.3. The molecule has 1 aromatic heterocycles. The van der Waals surface area contributed by atoms with Crippen LogP contribution in [0.1, 0.15) is 10.4 Å². The lowest BCUT2D eigenvalue weighted by atomic mass is 10.1. The molecule has 114 valence electrons. The van der Waals surface area contributed by atoms with Crippen molar-refractivity contribution in [2.24, 2.45) is 0 Å². The van der Waals surface area contributed by atoms with Gasteiger partial charge in [-0.15, -0.1) is 0 Å². The van der Waals surface area contributed by atoms with Gasteiger partial charge in [-0.25, -0.2) is 4.57 Å². The Hall–Kier alpha value is -3.01. The van der Waals surface area contributed by atoms with Crippen molar-refractivity contribution in [3.05, 3.63) is 78.8 Å². The number of ether oxygens (including phenoxy) is 1. The highest BCUT2D eigenvalue weighted by molar-refractivity contribution is 5.95. The molecule has 0 spiro atoms. The number of benzene rings is 2. The molecule has 0 aliphatic carbocycles. The standard InChI is InChI=1S/C19H17N2O2/c1-23-17-9-5-8-16(12-17)19(22)13-21-11-10-18(20-14-21)15-6-3-2-4-7-15/h2-12,14H,13H2,1H3/q+1. The molecular weight excluding hydrogens is 288 g/mol. The van der Waals surface area contributed by atoms with Crippen LogP contribution in [-0.4, -0.2) is 17.9 Å². The molecule has 0 atom stereocenters. The smallest absolute Gasteiger partial charge is 0.287 e. The molecule has 23 heavy (non-hydrogen) atoms. The second-order valence-electron chi connectivity index (χ2n) is 5.14. The van der Waals surface area contributed by atoms with Crippen molar-refractivity contribution in [2.75, 3.05) is 7.11 Å². The molecule has 0 saturated heterocycles. The van der Waals surface area contributed by atoms with Gasteiger partial charge in [-0.3, -0.25) is 4.79 Å². The topological polar surface area (TPSA) is 43.1 Å². The van der Waals surface area contributed by atoms with Crippen LogP contribution in [0.5, 0.6) is 5.75 Å². The van der Waals surface area contributed by atoms with E-state index in [1.54, 1.807) is 30.1 Å². The quantitative estimate of drug-likeness (QED) is 0.538. The van der Waals surface area contributed by atoms with Gasteiger partial charge in [-0.2, -0.15) is 0 Å². The third-order valence-electron chi connectivity index (χ3n) is 3.56. The van der Waals surface area contributed by atoms with Gasteiger partial charge >= 0.3 is 0 Å². The molecule has 0 amide bonds. The number of aromatic nitrogens is 2. The second-order valence-corrected chi connectivity index (χ2v) is 5.14. The highest BCUT2D eigenvalue weighted by Crippen LogP contribution is 2.14. The zero-order chi connectivity index (χ0) is 16.1. The second kappa shape index (κ2) is 6.83. The van der Waals surface area contributed by atoms with Gasteiger partial charge in [-0.05, 0) is 17.1 Å². The predicted octanol–water partition coefficient (Wildman–Crippen LogP) is 2.93. The fourth-order valence-electron chi connectivity index (χ4n) is 2.31. The van der Waals surface area contributed by atoms with E-state index in [0.717, 1.165) is 11.3 Å². The van der Waals surface area contributed by atoms with Crippen molar-refractivity contribution in [1.29, 1.82) is 0 Å². The van der Waals surface area contributed by atoms with Crippen LogP contribution in [0.3, 0.4) is 0 Å². The molecule has 3 aromatic rings. The minimum absolute atomic E-state index is 0.0168. The summed E-state index contributed by atoms with van der Waals surface area (Å²) in [6.45, 7) is 0.245. The summed E-state index contributed by atoms with van der Waals surface area (Å²) >= 11 is 0. The Kier molecular flexibility index (Phi) is 4.43. The molecule has 4 heteroatoms. The van der Waals surface area contributed by atoms with Gasteiger partial charge in [0.25, 0.3) is 6.33 Å². The molecule has 0 saturated carbocycles. The first-order valence-electron chi connectivity index (χ1n) is 7.34. The SMILES string of the molecule is COc1cccc(C(=O)C[n+]2ccc(-c3ccccc3)nc2)c1. The van der Waals surface area contributed by atoms with Gasteiger partial charge in [0.1, 0.15) is 5.75 Å². The lowest BCUT2D eigenvalue weighted by Crippen LogP contribution is -2.37. The average Bonchev–Trinajstić information content (AvgIpc) is 2.63. The molecular formula is C19H17N2O2+. The minimum Gasteiger partial charge on any atom is -0.497 e. The summed E-state index contributed by atoms with van der Waals surface area (Å²) in [5.41, 5.74) is 2.57. The number of ketones is 1. The first-order chi connectivity index (χ1) is 11.3. The van der Waals surface area contributed by atoms with E-state index < -0.39 is 0 Å². The van der Waals surface area contributed by atoms with E-state index in [4.69, 9.17) is 4.74 Å². The van der Waals surface area contributed by atoms with Crippen LogP contribution >= 0.6 is 0 Å². The number of nitrogens with zero attached hydrogens (tertiary/aromatic N) is 2. The van der Waals surface area contributed by atoms with Crippen molar-refractivity contribution in [3.63, 3.8) is 0 Å². The summed E-state index contributed by atoms with van der Waals surface area (Å²) in [7, 11) is 1.59. The summed E-state index contributed by atoms with van der Waals surface area (Å²) in [5.74, 6) is 0.696. The third-order valence-corrected chi connectivity index (χ3v) is 3.56. The van der Waals surface area contributed by atoms with E-state index in [2.05, 4.69) is 4.98 Å². The molecule has 0 N–H and O–H groups in total. The van der Waals surface area contributed by atoms with Crippen LogP contribution in [-0.2, 0) is 6.54 Å². The van der Waals surface area contributed by atoms with Crippen molar-refractivity contribution in [3.8, 4) is 17.0 Å². The summed E-state index contributed by atoms with van der Waals surface area (Å²) in [5, 5.41) is 0. The van der Waals surface area contributed by atoms with Crippen LogP contribution < -0.4 is 9.30 Å². The largest absolute Gasteiger partial charge is 0.497 e. The number of carbonyl (C=O) groups excluding carboxylic acids is 1. The summed E-state index contributed by atoms with van der Waals surface area (Å²) in [6.07, 6.45) is 3.55. The Morgan fingerprint density at radius 3 is 2.61 bits per heavy atom. The monoisotopic (exact) mass is 305 g/mol. The average molecular weight is 305 g/mol. The van der Waals surface area contributed by atoms with E-state index >= 15 is 0 Å². The zero-order valence-corrected chi connectivity index (χ0v) is 12.8. The summed E-state index contributed by atoms with van der Waals surface area (Å²) < 4.78 is 6.92. The Labute approximate surface area is 135 Å². The molecule has 3 rings (SSSR count). The number of carbonyl (C=O) groups is 1. The van der Waals surface area contributed by atoms with E-state index in [-0.39, 0.29) is 12.3 Å². The molecule has 0 bridgehead atoms. The molecule has 1 heterocycles. The Morgan fingerprint density at radius 1 is 1.09 bits per heavy atom. The highest BCUT2D eigenvalue weighted by atomic mass is 16.5. The van der Waals surface area contributed by atoms with Gasteiger partial charge in [0.15, 0.2) is 12.2 Å². The van der Waals surface area contributed by atoms with Crippen LogP contribution in [0, 0.1) is 0 Å². The molecule has 0 radical (unpaired) electrons. The zero-order valence-electron chi connectivity index (χ0n) is 12.8. The molecule has 0 unspecified atom stereocenters. The Morgan fingerprint density at radius 2 is 1.91 bits per heavy atom. The maximum Gasteiger partial charge on any atom is 0.287 e. The van der Waals surface area contributed by atoms with Gasteiger partial charge in [0.05, 0.1) is 13.3 Å². The number of hydrogen-bond donors (Lipinski definition) is 0. The highest BCUT2D eigenvalue weighted by Gasteiger charge is 2.12. The Balaban J connectivity index is 1.74. The minimum atomic E-state index is 0.0168. The van der Waals surface area contributed by atoms with Gasteiger partial charge in [-0.1, -0.05) is 42.5 Å². The molecule has 0 aliphatic heterocycles. The van der Waals surface area contributed by atoms with E-state index in [1.165, 1.54) is 0 Å². The first-order valence-corrected chi connectivity index (χ1v) is 7.34. The molecule has 0 fully saturated rings. The predicted molar refractivity (Wildman–Crippen MR) is 87.2 cm³/mol. The number of methoxy groups -OCH3 is 1. The lowest BCUT2D eigenvalue weighted by molar-refractivity contribution is -0.686. The van der Waals surface area contributed by atoms with Crippen LogP contribution in [0.15, 0.2) is 73.2 Å². The fraction of sp³-hybridized carbons (Fsp3) is 0.105. The van der Waals surface area contributed by atoms with E-state index in [1.807, 2.05) is 54.7 Å². The first kappa shape index (κ1) is 14.9. The van der Waals surface area contributed by atoms with Crippen molar-refractivity contribution < 1.29 is 14.1 Å². The maximum atomic E-state index is 12.3.